The molecule has 1 aromatic carbocycles. The summed E-state index contributed by atoms with van der Waals surface area (Å²) in [6.45, 7) is 12.6. The Hall–Kier alpha value is -1.20. The van der Waals surface area contributed by atoms with Gasteiger partial charge in [-0.3, -0.25) is 4.98 Å². The van der Waals surface area contributed by atoms with Gasteiger partial charge in [-0.1, -0.05) is 87.2 Å². The van der Waals surface area contributed by atoms with E-state index in [0.717, 1.165) is 5.92 Å². The Balaban J connectivity index is 2.08. The second-order valence-corrected chi connectivity index (χ2v) is 18.6. The average molecular weight is 368 g/mol. The number of nitrogens with zero attached hydrogens (tertiary/aromatic N) is 1. The van der Waals surface area contributed by atoms with Crippen molar-refractivity contribution in [3.63, 3.8) is 0 Å². The van der Waals surface area contributed by atoms with Gasteiger partial charge in [0.05, 0.1) is 13.6 Å². The molecule has 1 aliphatic carbocycles. The third kappa shape index (κ3) is 4.14. The Morgan fingerprint density at radius 2 is 1.64 bits per heavy atom. The van der Waals surface area contributed by atoms with Crippen LogP contribution in [0.5, 0.6) is 0 Å². The maximum atomic E-state index is 4.75. The van der Waals surface area contributed by atoms with E-state index in [4.69, 9.17) is 4.98 Å². The number of rotatable bonds is 4. The summed E-state index contributed by atoms with van der Waals surface area (Å²) in [5, 5.41) is 4.62. The molecule has 1 aliphatic rings. The van der Waals surface area contributed by atoms with Gasteiger partial charge in [-0.2, -0.15) is 0 Å². The number of benzene rings is 1. The minimum Gasteiger partial charge on any atom is -0.256 e. The van der Waals surface area contributed by atoms with Crippen LogP contribution in [0, 0.1) is 5.92 Å². The molecule has 0 amide bonds. The fourth-order valence-corrected chi connectivity index (χ4v) is 11.3. The molecule has 0 saturated heterocycles. The number of fused-ring (bicyclic) bond motifs is 1. The molecule has 0 unspecified atom stereocenters. The molecule has 0 bridgehead atoms. The highest BCUT2D eigenvalue weighted by Crippen LogP contribution is 2.35. The topological polar surface area (TPSA) is 12.9 Å². The lowest BCUT2D eigenvalue weighted by Gasteiger charge is -2.35. The Labute approximate surface area is 155 Å². The third-order valence-corrected chi connectivity index (χ3v) is 11.2. The summed E-state index contributed by atoms with van der Waals surface area (Å²) in [4.78, 5) is 4.75. The van der Waals surface area contributed by atoms with Gasteiger partial charge in [-0.15, -0.1) is 0 Å². The zero-order chi connectivity index (χ0) is 18.1. The largest absolute Gasteiger partial charge is 0.256 e. The molecule has 3 heteroatoms. The highest BCUT2D eigenvalue weighted by molar-refractivity contribution is 6.97. The zero-order valence-corrected chi connectivity index (χ0v) is 18.6. The average Bonchev–Trinajstić information content (AvgIpc) is 2.59. The number of allylic oxidation sites excluding steroid dienone is 1. The second-order valence-electron chi connectivity index (χ2n) is 9.29. The summed E-state index contributed by atoms with van der Waals surface area (Å²) in [6, 6.07) is 11.0. The van der Waals surface area contributed by atoms with E-state index in [1.807, 2.05) is 17.5 Å². The minimum absolute atomic E-state index is 0.843. The van der Waals surface area contributed by atoms with E-state index in [-0.39, 0.29) is 0 Å². The lowest BCUT2D eigenvalue weighted by Crippen LogP contribution is -2.43. The molecular weight excluding hydrogens is 334 g/mol. The van der Waals surface area contributed by atoms with Crippen LogP contribution < -0.4 is 5.19 Å². The van der Waals surface area contributed by atoms with E-state index in [9.17, 15) is 0 Å². The maximum absolute atomic E-state index is 4.75. The summed E-state index contributed by atoms with van der Waals surface area (Å²) in [5.74, 6) is 0.843. The number of hydrogen-bond acceptors (Lipinski definition) is 1. The van der Waals surface area contributed by atoms with Crippen molar-refractivity contribution in [3.8, 4) is 0 Å². The molecule has 1 saturated carbocycles. The van der Waals surface area contributed by atoms with Crippen molar-refractivity contribution in [2.24, 2.45) is 5.92 Å². The van der Waals surface area contributed by atoms with Crippen molar-refractivity contribution >= 4 is 32.2 Å². The maximum Gasteiger partial charge on any atom is 0.106 e. The van der Waals surface area contributed by atoms with E-state index in [2.05, 4.69) is 62.7 Å². The van der Waals surface area contributed by atoms with Crippen LogP contribution in [0.3, 0.4) is 0 Å². The molecule has 1 fully saturated rings. The van der Waals surface area contributed by atoms with Crippen LogP contribution >= 0.6 is 0 Å². The molecular formula is C22H33NSi2. The van der Waals surface area contributed by atoms with Gasteiger partial charge in [0.25, 0.3) is 0 Å². The standard InChI is InChI=1S/C22H33NSi2/c1-24(2,3)21(18-11-7-6-8-12-18)17-25(4,5)20-15-9-13-19-14-10-16-23-22(19)20/h9-10,13-18H,6-8,11-12H2,1-5H3/b21-17-. The first-order chi connectivity index (χ1) is 11.8. The highest BCUT2D eigenvalue weighted by atomic mass is 28.3. The summed E-state index contributed by atoms with van der Waals surface area (Å²) in [5.41, 5.74) is 4.00. The van der Waals surface area contributed by atoms with Crippen molar-refractivity contribution in [1.29, 1.82) is 0 Å². The Bertz CT molecular complexity index is 760. The van der Waals surface area contributed by atoms with Gasteiger partial charge >= 0.3 is 0 Å². The zero-order valence-electron chi connectivity index (χ0n) is 16.6. The molecule has 1 nitrogen and oxygen atoms in total. The van der Waals surface area contributed by atoms with Gasteiger partial charge in [-0.25, -0.2) is 0 Å². The number of aromatic nitrogens is 1. The van der Waals surface area contributed by atoms with Crippen LogP contribution in [0.15, 0.2) is 47.4 Å². The van der Waals surface area contributed by atoms with Crippen LogP contribution in [-0.2, 0) is 0 Å². The van der Waals surface area contributed by atoms with Crippen molar-refractivity contribution in [3.05, 3.63) is 47.4 Å². The Morgan fingerprint density at radius 1 is 0.960 bits per heavy atom. The van der Waals surface area contributed by atoms with Crippen LogP contribution in [-0.4, -0.2) is 21.1 Å². The first-order valence-corrected chi connectivity index (χ1v) is 16.4. The van der Waals surface area contributed by atoms with Crippen LogP contribution in [0.25, 0.3) is 10.9 Å². The van der Waals surface area contributed by atoms with E-state index in [1.165, 1.54) is 48.2 Å². The molecule has 0 atom stereocenters. The molecule has 0 N–H and O–H groups in total. The Kier molecular flexibility index (Phi) is 5.35. The van der Waals surface area contributed by atoms with Gasteiger partial charge in [0.15, 0.2) is 0 Å². The fraction of sp³-hybridized carbons (Fsp3) is 0.500. The van der Waals surface area contributed by atoms with E-state index in [0.29, 0.717) is 0 Å². The molecule has 3 rings (SSSR count). The van der Waals surface area contributed by atoms with E-state index < -0.39 is 16.1 Å². The summed E-state index contributed by atoms with van der Waals surface area (Å²) < 4.78 is 0. The number of hydrogen-bond donors (Lipinski definition) is 0. The fourth-order valence-electron chi connectivity index (χ4n) is 4.45. The van der Waals surface area contributed by atoms with Crippen molar-refractivity contribution < 1.29 is 0 Å². The summed E-state index contributed by atoms with van der Waals surface area (Å²) >= 11 is 0. The monoisotopic (exact) mass is 367 g/mol. The van der Waals surface area contributed by atoms with Crippen LogP contribution in [0.4, 0.5) is 0 Å². The lowest BCUT2D eigenvalue weighted by molar-refractivity contribution is 0.412. The van der Waals surface area contributed by atoms with Gasteiger partial charge < -0.3 is 0 Å². The van der Waals surface area contributed by atoms with Gasteiger partial charge in [-0.05, 0) is 30.0 Å². The molecule has 1 heterocycles. The van der Waals surface area contributed by atoms with Gasteiger partial charge in [0, 0.05) is 11.6 Å². The van der Waals surface area contributed by atoms with Crippen molar-refractivity contribution in [1.82, 2.24) is 4.98 Å². The predicted molar refractivity (Wildman–Crippen MR) is 117 cm³/mol. The van der Waals surface area contributed by atoms with Crippen LogP contribution in [0.2, 0.25) is 32.7 Å². The lowest BCUT2D eigenvalue weighted by atomic mass is 9.89. The smallest absolute Gasteiger partial charge is 0.106 e. The molecule has 2 aromatic rings. The summed E-state index contributed by atoms with van der Waals surface area (Å²) in [6.07, 6.45) is 9.04. The normalized spacial score (nSPS) is 17.9. The third-order valence-electron chi connectivity index (χ3n) is 5.75. The van der Waals surface area contributed by atoms with Gasteiger partial charge in [0.1, 0.15) is 8.07 Å². The molecule has 1 aromatic heterocycles. The second kappa shape index (κ2) is 7.20. The quantitative estimate of drug-likeness (QED) is 0.597. The Morgan fingerprint density at radius 3 is 2.32 bits per heavy atom. The molecule has 0 aliphatic heterocycles. The van der Waals surface area contributed by atoms with Crippen molar-refractivity contribution in [2.45, 2.75) is 64.8 Å². The number of pyridine rings is 1. The molecule has 25 heavy (non-hydrogen) atoms. The summed E-state index contributed by atoms with van der Waals surface area (Å²) in [7, 11) is -3.00. The predicted octanol–water partition coefficient (Wildman–Crippen LogP) is 6.07. The van der Waals surface area contributed by atoms with Gasteiger partial charge in [0.2, 0.25) is 0 Å². The van der Waals surface area contributed by atoms with E-state index in [1.54, 1.807) is 0 Å². The minimum atomic E-state index is -1.69. The molecule has 0 spiro atoms. The SMILES string of the molecule is C[Si](C)(C)/C(=C\[Si](C)(C)c1cccc2cccnc12)C1CCCCC1. The highest BCUT2D eigenvalue weighted by Gasteiger charge is 2.32. The molecule has 134 valence electrons. The van der Waals surface area contributed by atoms with E-state index >= 15 is 0 Å². The van der Waals surface area contributed by atoms with Crippen molar-refractivity contribution in [2.75, 3.05) is 0 Å². The first kappa shape index (κ1) is 18.6. The number of para-hydroxylation sites is 1. The van der Waals surface area contributed by atoms with Crippen LogP contribution in [0.1, 0.15) is 32.1 Å². The molecule has 0 radical (unpaired) electrons. The first-order valence-electron chi connectivity index (χ1n) is 9.86.